The van der Waals surface area contributed by atoms with Gasteiger partial charge in [-0.25, -0.2) is 0 Å². The molecule has 6 rings (SSSR count). The average molecular weight is 2610 g/mol. The molecule has 0 aromatic heterocycles. The van der Waals surface area contributed by atoms with Gasteiger partial charge in [0, 0.05) is 0 Å². The molecule has 2 aliphatic carbocycles. The monoisotopic (exact) mass is 2610 g/mol. The summed E-state index contributed by atoms with van der Waals surface area (Å²) in [5, 5.41) is 17.7. The number of hydrogen-bond donors (Lipinski definition) is 0. The topological polar surface area (TPSA) is 73.9 Å². The van der Waals surface area contributed by atoms with Crippen LogP contribution in [0, 0.1) is 43.4 Å². The zero-order valence-electron chi connectivity index (χ0n) is 32.5. The van der Waals surface area contributed by atoms with E-state index in [2.05, 4.69) is 229 Å². The Morgan fingerprint density at radius 2 is 1.13 bits per heavy atom. The molecule has 2 saturated carbocycles. The number of nitriles is 2. The summed E-state index contributed by atoms with van der Waals surface area (Å²) in [4.78, 5) is 11.2. The summed E-state index contributed by atoms with van der Waals surface area (Å²) in [7, 11) is -1.43. The van der Waals surface area contributed by atoms with Gasteiger partial charge in [0.1, 0.15) is 0 Å². The van der Waals surface area contributed by atoms with E-state index in [-0.39, 0.29) is 69.4 Å². The van der Waals surface area contributed by atoms with E-state index in [4.69, 9.17) is 15.3 Å². The van der Waals surface area contributed by atoms with Gasteiger partial charge in [0.15, 0.2) is 0 Å². The molecule has 0 unspecified atom stereocenters. The first-order chi connectivity index (χ1) is 28.0. The summed E-state index contributed by atoms with van der Waals surface area (Å²) >= 11 is 25.1. The molecular weight excluding hydrogens is 2570 g/mol. The first kappa shape index (κ1) is 65.0. The Labute approximate surface area is 493 Å². The standard InChI is InChI=1S/C18H17N.C13H16O2.C9H9N.I8.I7.HI/c1-13-2-5-17(12-19)18(10-13)11-14-3-6-15(7-4-14)16-8-9-16;1-2-15-13(14)9-10-3-5-11(6-4-10)12-7-8-12;1-7-3-4-9(6-10)8(2)5-7;1-6(2)8(5)7(3)4;1-5-7(4)6(2)3;/h2-7,10,16H,8-9,11H2,1H3;3-6,12H,2,7-9H2,1H3;3-5H,1-2H3;;;1H/q;;;;-1;. The molecule has 0 atom stereocenters. The van der Waals surface area contributed by atoms with Crippen LogP contribution in [0.25, 0.3) is 0 Å². The molecule has 2 aliphatic rings. The van der Waals surface area contributed by atoms with Crippen molar-refractivity contribution in [1.82, 2.24) is 0 Å². The van der Waals surface area contributed by atoms with Gasteiger partial charge < -0.3 is 4.74 Å². The number of aryl methyl sites for hydroxylation is 3. The SMILES string of the molecule is CCOC(=O)Cc1ccc(C2CC2)cc1.Cc1ccc(C#N)c(C)c1.Cc1ccc(C#N)c(Cc2ccc(C3CC3)cc2)c1.I.II(I)I(I)I(I)I.I[I-]I(I)I(I)I. The third-order valence-electron chi connectivity index (χ3n) is 8.27. The van der Waals surface area contributed by atoms with Crippen LogP contribution < -0.4 is 13.3 Å². The minimum absolute atomic E-state index is 0. The van der Waals surface area contributed by atoms with Crippen molar-refractivity contribution in [2.24, 2.45) is 0 Å². The van der Waals surface area contributed by atoms with Gasteiger partial charge in [-0.05, 0) is 117 Å². The van der Waals surface area contributed by atoms with Crippen molar-refractivity contribution in [1.29, 1.82) is 10.5 Å². The third-order valence-corrected chi connectivity index (χ3v) is 587. The molecule has 4 nitrogen and oxygen atoms in total. The average Bonchev–Trinajstić information content (AvgIpc) is 4.14. The van der Waals surface area contributed by atoms with Crippen LogP contribution >= 0.6 is 231 Å². The van der Waals surface area contributed by atoms with Crippen LogP contribution in [0.1, 0.15) is 100 Å². The quantitative estimate of drug-likeness (QED) is 0.111. The van der Waals surface area contributed by atoms with E-state index in [9.17, 15) is 4.79 Å². The van der Waals surface area contributed by atoms with Gasteiger partial charge in [-0.1, -0.05) is 83.9 Å². The van der Waals surface area contributed by atoms with Crippen LogP contribution in [-0.2, 0) is 22.4 Å². The van der Waals surface area contributed by atoms with Crippen LogP contribution in [-0.4, -0.2) is 12.6 Å². The van der Waals surface area contributed by atoms with E-state index < -0.39 is 0 Å². The van der Waals surface area contributed by atoms with E-state index in [1.54, 1.807) is 0 Å². The van der Waals surface area contributed by atoms with Crippen LogP contribution in [0.2, 0.25) is 0 Å². The zero-order chi connectivity index (χ0) is 44.1. The second-order valence-electron chi connectivity index (χ2n) is 12.8. The maximum atomic E-state index is 11.2. The van der Waals surface area contributed by atoms with Gasteiger partial charge in [-0.2, -0.15) is 10.5 Å². The van der Waals surface area contributed by atoms with E-state index in [1.165, 1.54) is 53.5 Å². The van der Waals surface area contributed by atoms with E-state index in [0.29, 0.717) is 26.3 Å². The van der Waals surface area contributed by atoms with E-state index in [0.717, 1.165) is 46.1 Å². The fraction of sp³-hybridized carbons (Fsp3) is 0.325. The summed E-state index contributed by atoms with van der Waals surface area (Å²) < 4.78 is 4.90. The van der Waals surface area contributed by atoms with Crippen molar-refractivity contribution in [3.63, 3.8) is 0 Å². The van der Waals surface area contributed by atoms with E-state index >= 15 is 0 Å². The maximum absolute atomic E-state index is 11.2. The number of ether oxygens (including phenoxy) is 1. The van der Waals surface area contributed by atoms with Crippen molar-refractivity contribution >= 4 is 237 Å². The fourth-order valence-electron chi connectivity index (χ4n) is 5.21. The fourth-order valence-corrected chi connectivity index (χ4v) is 634. The van der Waals surface area contributed by atoms with E-state index in [1.807, 2.05) is 63.2 Å². The van der Waals surface area contributed by atoms with Crippen molar-refractivity contribution in [2.45, 2.75) is 78.1 Å². The van der Waals surface area contributed by atoms with Gasteiger partial charge in [0.25, 0.3) is 0 Å². The molecular formula is C40H43I16N2O2-. The molecule has 0 N–H and O–H groups in total. The third kappa shape index (κ3) is 28.9. The minimum atomic E-state index is -0.334. The Balaban J connectivity index is 0.000000395. The number of benzene rings is 4. The summed E-state index contributed by atoms with van der Waals surface area (Å²) in [6.07, 6.45) is 6.55. The number of carbonyl (C=O) groups is 1. The van der Waals surface area contributed by atoms with Crippen molar-refractivity contribution in [2.75, 3.05) is 6.61 Å². The molecule has 0 bridgehead atoms. The Morgan fingerprint density at radius 1 is 0.683 bits per heavy atom. The molecule has 60 heavy (non-hydrogen) atoms. The second-order valence-corrected chi connectivity index (χ2v) is 273. The predicted molar refractivity (Wildman–Crippen MR) is 388 cm³/mol. The molecule has 0 heterocycles. The first-order valence-corrected chi connectivity index (χ1v) is 99.2. The normalized spacial score (nSPS) is 13.4. The number of carbonyl (C=O) groups excluding carboxylic acids is 1. The zero-order valence-corrected chi connectivity index (χ0v) is 67.2. The van der Waals surface area contributed by atoms with Gasteiger partial charge >= 0.3 is 226 Å². The Bertz CT molecular complexity index is 1940. The molecule has 338 valence electrons. The van der Waals surface area contributed by atoms with Gasteiger partial charge in [-0.3, -0.25) is 4.79 Å². The Morgan fingerprint density at radius 3 is 1.48 bits per heavy atom. The Kier molecular flexibility index (Phi) is 40.9. The number of hydrogen-bond acceptors (Lipinski definition) is 4. The van der Waals surface area contributed by atoms with Gasteiger partial charge in [-0.15, -0.1) is 24.0 Å². The van der Waals surface area contributed by atoms with Crippen molar-refractivity contribution in [3.8, 4) is 12.1 Å². The second kappa shape index (κ2) is 37.7. The number of rotatable bonds is 11. The Hall–Kier alpha value is 7.01. The first-order valence-electron chi connectivity index (χ1n) is 17.5. The van der Waals surface area contributed by atoms with Gasteiger partial charge in [0.05, 0.1) is 36.3 Å². The van der Waals surface area contributed by atoms with Crippen LogP contribution in [0.15, 0.2) is 84.9 Å². The molecule has 0 radical (unpaired) electrons. The molecule has 4 aromatic carbocycles. The van der Waals surface area contributed by atoms with Crippen LogP contribution in [0.3, 0.4) is 0 Å². The van der Waals surface area contributed by atoms with Crippen LogP contribution in [0.5, 0.6) is 0 Å². The molecule has 0 spiro atoms. The summed E-state index contributed by atoms with van der Waals surface area (Å²) in [6.45, 7) is 8.33. The van der Waals surface area contributed by atoms with Crippen molar-refractivity contribution < 1.29 is 22.8 Å². The molecule has 0 amide bonds. The van der Waals surface area contributed by atoms with Crippen molar-refractivity contribution in [3.05, 3.63) is 141 Å². The predicted octanol–water partition coefficient (Wildman–Crippen LogP) is 19.2. The molecule has 4 aromatic rings. The number of esters is 1. The molecule has 2 fully saturated rings. The summed E-state index contributed by atoms with van der Waals surface area (Å²) in [5.41, 5.74) is 11.4. The summed E-state index contributed by atoms with van der Waals surface area (Å²) in [5.74, 6) is 1.45. The number of halogens is 16. The summed E-state index contributed by atoms with van der Waals surface area (Å²) in [6, 6.07) is 33.5. The number of nitrogens with zero attached hydrogens (tertiary/aromatic N) is 2. The van der Waals surface area contributed by atoms with Gasteiger partial charge in [0.2, 0.25) is 0 Å². The molecule has 20 heteroatoms. The molecule has 0 saturated heterocycles. The molecule has 0 aliphatic heterocycles. The van der Waals surface area contributed by atoms with Crippen LogP contribution in [0.4, 0.5) is 0 Å².